The van der Waals surface area contributed by atoms with E-state index >= 15 is 0 Å². The standard InChI is InChI=1S/C17H15FN2O3/c18-11-5-7-12(8-6-11)19-15(22)17(9-10-17)16(23)20-13-3-1-2-4-14(13)21/h1-8,21H,9-10H2,(H,19,22)(H,20,23). The number of phenolic OH excluding ortho intramolecular Hbond substituents is 1. The number of hydrogen-bond acceptors (Lipinski definition) is 3. The topological polar surface area (TPSA) is 78.4 Å². The van der Waals surface area contributed by atoms with E-state index < -0.39 is 23.0 Å². The van der Waals surface area contributed by atoms with Crippen molar-refractivity contribution in [3.63, 3.8) is 0 Å². The summed E-state index contributed by atoms with van der Waals surface area (Å²) in [5.74, 6) is -1.35. The zero-order valence-corrected chi connectivity index (χ0v) is 12.2. The van der Waals surface area contributed by atoms with Gasteiger partial charge in [-0.2, -0.15) is 0 Å². The Bertz CT molecular complexity index is 755. The third kappa shape index (κ3) is 3.01. The average molecular weight is 314 g/mol. The molecule has 0 heterocycles. The molecule has 118 valence electrons. The van der Waals surface area contributed by atoms with Crippen LogP contribution in [0.1, 0.15) is 12.8 Å². The summed E-state index contributed by atoms with van der Waals surface area (Å²) in [6.07, 6.45) is 0.860. The predicted molar refractivity (Wildman–Crippen MR) is 83.4 cm³/mol. The molecule has 6 heteroatoms. The monoisotopic (exact) mass is 314 g/mol. The first kappa shape index (κ1) is 15.0. The molecular weight excluding hydrogens is 299 g/mol. The molecule has 1 fully saturated rings. The number of amides is 2. The van der Waals surface area contributed by atoms with E-state index in [9.17, 15) is 19.1 Å². The summed E-state index contributed by atoms with van der Waals surface area (Å²) in [5.41, 5.74) is -0.451. The van der Waals surface area contributed by atoms with Gasteiger partial charge < -0.3 is 15.7 Å². The highest BCUT2D eigenvalue weighted by atomic mass is 19.1. The molecule has 0 unspecified atom stereocenters. The molecule has 23 heavy (non-hydrogen) atoms. The van der Waals surface area contributed by atoms with E-state index in [1.54, 1.807) is 18.2 Å². The maximum Gasteiger partial charge on any atom is 0.240 e. The van der Waals surface area contributed by atoms with Gasteiger partial charge in [-0.3, -0.25) is 9.59 Å². The summed E-state index contributed by atoms with van der Waals surface area (Å²) in [6.45, 7) is 0. The molecule has 2 aromatic carbocycles. The fourth-order valence-corrected chi connectivity index (χ4v) is 2.29. The van der Waals surface area contributed by atoms with Crippen molar-refractivity contribution >= 4 is 23.2 Å². The summed E-state index contributed by atoms with van der Waals surface area (Å²) < 4.78 is 12.9. The second-order valence-corrected chi connectivity index (χ2v) is 5.51. The molecule has 1 aliphatic carbocycles. The molecule has 0 aromatic heterocycles. The minimum absolute atomic E-state index is 0.0596. The number of carbonyl (C=O) groups is 2. The van der Waals surface area contributed by atoms with Gasteiger partial charge in [-0.25, -0.2) is 4.39 Å². The van der Waals surface area contributed by atoms with Gasteiger partial charge in [0.15, 0.2) is 0 Å². The molecule has 1 saturated carbocycles. The number of rotatable bonds is 4. The van der Waals surface area contributed by atoms with E-state index in [0.717, 1.165) is 0 Å². The molecule has 2 aromatic rings. The third-order valence-electron chi connectivity index (χ3n) is 3.87. The van der Waals surface area contributed by atoms with Crippen LogP contribution in [0.4, 0.5) is 15.8 Å². The zero-order chi connectivity index (χ0) is 16.4. The molecule has 0 saturated heterocycles. The summed E-state index contributed by atoms with van der Waals surface area (Å²) in [7, 11) is 0. The molecule has 0 atom stereocenters. The Kier molecular flexibility index (Phi) is 3.73. The summed E-state index contributed by atoms with van der Waals surface area (Å²) in [6, 6.07) is 11.7. The van der Waals surface area contributed by atoms with Crippen LogP contribution < -0.4 is 10.6 Å². The summed E-state index contributed by atoms with van der Waals surface area (Å²) >= 11 is 0. The highest BCUT2D eigenvalue weighted by Crippen LogP contribution is 2.47. The third-order valence-corrected chi connectivity index (χ3v) is 3.87. The number of hydrogen-bond donors (Lipinski definition) is 3. The summed E-state index contributed by atoms with van der Waals surface area (Å²) in [4.78, 5) is 24.8. The van der Waals surface area contributed by atoms with E-state index in [1.165, 1.54) is 30.3 Å². The van der Waals surface area contributed by atoms with Gasteiger partial charge in [0, 0.05) is 5.69 Å². The normalized spacial score (nSPS) is 14.8. The van der Waals surface area contributed by atoms with Crippen molar-refractivity contribution in [3.05, 3.63) is 54.3 Å². The number of benzene rings is 2. The Labute approximate surface area is 132 Å². The van der Waals surface area contributed by atoms with Crippen molar-refractivity contribution in [1.29, 1.82) is 0 Å². The summed E-state index contributed by atoms with van der Waals surface area (Å²) in [5, 5.41) is 14.9. The Balaban J connectivity index is 1.71. The first-order valence-electron chi connectivity index (χ1n) is 7.18. The van der Waals surface area contributed by atoms with Gasteiger partial charge in [0.2, 0.25) is 11.8 Å². The van der Waals surface area contributed by atoms with Gasteiger partial charge in [-0.15, -0.1) is 0 Å². The van der Waals surface area contributed by atoms with Gasteiger partial charge in [-0.1, -0.05) is 12.1 Å². The van der Waals surface area contributed by atoms with Crippen LogP contribution in [-0.2, 0) is 9.59 Å². The molecule has 3 rings (SSSR count). The number of phenols is 1. The van der Waals surface area contributed by atoms with E-state index in [-0.39, 0.29) is 11.4 Å². The molecule has 3 N–H and O–H groups in total. The van der Waals surface area contributed by atoms with Crippen LogP contribution in [0.5, 0.6) is 5.75 Å². The van der Waals surface area contributed by atoms with E-state index in [1.807, 2.05) is 0 Å². The number of nitrogens with one attached hydrogen (secondary N) is 2. The molecule has 0 aliphatic heterocycles. The zero-order valence-electron chi connectivity index (χ0n) is 12.2. The van der Waals surface area contributed by atoms with Crippen molar-refractivity contribution in [1.82, 2.24) is 0 Å². The van der Waals surface area contributed by atoms with E-state index in [4.69, 9.17) is 0 Å². The molecule has 1 aliphatic rings. The average Bonchev–Trinajstić information content (AvgIpc) is 3.34. The minimum atomic E-state index is -1.14. The highest BCUT2D eigenvalue weighted by Gasteiger charge is 2.56. The maximum atomic E-state index is 12.9. The smallest absolute Gasteiger partial charge is 0.240 e. The predicted octanol–water partition coefficient (Wildman–Crippen LogP) is 2.89. The molecule has 0 radical (unpaired) electrons. The van der Waals surface area contributed by atoms with Crippen molar-refractivity contribution in [2.45, 2.75) is 12.8 Å². The van der Waals surface area contributed by atoms with Crippen LogP contribution in [0.3, 0.4) is 0 Å². The van der Waals surface area contributed by atoms with Gasteiger partial charge in [0.05, 0.1) is 5.69 Å². The Morgan fingerprint density at radius 2 is 1.57 bits per heavy atom. The Hall–Kier alpha value is -2.89. The van der Waals surface area contributed by atoms with E-state index in [2.05, 4.69) is 10.6 Å². The fourth-order valence-electron chi connectivity index (χ4n) is 2.29. The highest BCUT2D eigenvalue weighted by molar-refractivity contribution is 6.17. The van der Waals surface area contributed by atoms with Crippen LogP contribution in [-0.4, -0.2) is 16.9 Å². The maximum absolute atomic E-state index is 12.9. The lowest BCUT2D eigenvalue weighted by Gasteiger charge is -2.16. The van der Waals surface area contributed by atoms with Crippen molar-refractivity contribution in [2.75, 3.05) is 10.6 Å². The first-order chi connectivity index (χ1) is 11.0. The van der Waals surface area contributed by atoms with Crippen LogP contribution in [0.2, 0.25) is 0 Å². The number of aromatic hydroxyl groups is 1. The lowest BCUT2D eigenvalue weighted by molar-refractivity contribution is -0.131. The molecule has 5 nitrogen and oxygen atoms in total. The van der Waals surface area contributed by atoms with E-state index in [0.29, 0.717) is 18.5 Å². The van der Waals surface area contributed by atoms with Crippen LogP contribution >= 0.6 is 0 Å². The number of para-hydroxylation sites is 2. The largest absolute Gasteiger partial charge is 0.506 e. The number of carbonyl (C=O) groups excluding carboxylic acids is 2. The minimum Gasteiger partial charge on any atom is -0.506 e. The van der Waals surface area contributed by atoms with Crippen molar-refractivity contribution in [3.8, 4) is 5.75 Å². The molecule has 2 amide bonds. The number of halogens is 1. The second-order valence-electron chi connectivity index (χ2n) is 5.51. The lowest BCUT2D eigenvalue weighted by Crippen LogP contribution is -2.35. The second kappa shape index (κ2) is 5.72. The van der Waals surface area contributed by atoms with Crippen LogP contribution in [0.25, 0.3) is 0 Å². The van der Waals surface area contributed by atoms with Crippen LogP contribution in [0, 0.1) is 11.2 Å². The number of anilines is 2. The Morgan fingerprint density at radius 3 is 2.17 bits per heavy atom. The van der Waals surface area contributed by atoms with Gasteiger partial charge in [0.25, 0.3) is 0 Å². The van der Waals surface area contributed by atoms with Gasteiger partial charge in [0.1, 0.15) is 17.0 Å². The van der Waals surface area contributed by atoms with Crippen molar-refractivity contribution in [2.24, 2.45) is 5.41 Å². The quantitative estimate of drug-likeness (QED) is 0.600. The van der Waals surface area contributed by atoms with Crippen molar-refractivity contribution < 1.29 is 19.1 Å². The fraction of sp³-hybridized carbons (Fsp3) is 0.176. The van der Waals surface area contributed by atoms with Gasteiger partial charge in [-0.05, 0) is 49.2 Å². The van der Waals surface area contributed by atoms with Gasteiger partial charge >= 0.3 is 0 Å². The first-order valence-corrected chi connectivity index (χ1v) is 7.18. The van der Waals surface area contributed by atoms with Crippen LogP contribution in [0.15, 0.2) is 48.5 Å². The SMILES string of the molecule is O=C(Nc1ccc(F)cc1)C1(C(=O)Nc2ccccc2O)CC1. The Morgan fingerprint density at radius 1 is 0.957 bits per heavy atom. The lowest BCUT2D eigenvalue weighted by atomic mass is 10.0. The molecule has 0 bridgehead atoms. The molecular formula is C17H15FN2O3. The molecule has 0 spiro atoms.